The second kappa shape index (κ2) is 5.91. The minimum Gasteiger partial charge on any atom is -0.322 e. The van der Waals surface area contributed by atoms with Crippen molar-refractivity contribution in [2.24, 2.45) is 0 Å². The normalized spacial score (nSPS) is 26.3. The van der Waals surface area contributed by atoms with E-state index in [2.05, 4.69) is 10.6 Å². The zero-order valence-electron chi connectivity index (χ0n) is 12.2. The molecular formula is C14H23N3O3. The second-order valence-electron chi connectivity index (χ2n) is 5.88. The van der Waals surface area contributed by atoms with E-state index in [1.165, 1.54) is 11.3 Å². The lowest BCUT2D eigenvalue weighted by atomic mass is 9.79. The molecule has 1 aliphatic heterocycles. The van der Waals surface area contributed by atoms with Gasteiger partial charge in [0.05, 0.1) is 0 Å². The molecule has 6 nitrogen and oxygen atoms in total. The predicted octanol–water partition coefficient (Wildman–Crippen LogP) is 0.172. The summed E-state index contributed by atoms with van der Waals surface area (Å²) in [6.45, 7) is 1.64. The maximum Gasteiger partial charge on any atom is 0.249 e. The first-order chi connectivity index (χ1) is 9.47. The Kier molecular flexibility index (Phi) is 4.42. The highest BCUT2D eigenvalue weighted by molar-refractivity contribution is 6.04. The van der Waals surface area contributed by atoms with Gasteiger partial charge in [-0.25, -0.2) is 0 Å². The molecule has 1 aliphatic carbocycles. The number of nitrogens with zero attached hydrogens (tertiary/aromatic N) is 1. The highest BCUT2D eigenvalue weighted by Crippen LogP contribution is 2.31. The van der Waals surface area contributed by atoms with Gasteiger partial charge in [-0.2, -0.15) is 0 Å². The topological polar surface area (TPSA) is 78.5 Å². The van der Waals surface area contributed by atoms with Gasteiger partial charge in [0, 0.05) is 12.0 Å². The standard InChI is InChI=1S/C14H23N3O3/c1-10-13(20)16-11(18)9-17(10)12(19)8-14(15-2)6-4-3-5-7-14/h10,15H,3-9H2,1-2H3,(H,16,18,20). The molecule has 0 bridgehead atoms. The number of rotatable bonds is 3. The van der Waals surface area contributed by atoms with Gasteiger partial charge in [0.25, 0.3) is 0 Å². The molecule has 2 N–H and O–H groups in total. The highest BCUT2D eigenvalue weighted by atomic mass is 16.2. The lowest BCUT2D eigenvalue weighted by Gasteiger charge is -2.39. The van der Waals surface area contributed by atoms with Crippen molar-refractivity contribution < 1.29 is 14.4 Å². The van der Waals surface area contributed by atoms with Crippen molar-refractivity contribution in [2.45, 2.75) is 57.0 Å². The number of carbonyl (C=O) groups is 3. The Balaban J connectivity index is 2.06. The van der Waals surface area contributed by atoms with E-state index < -0.39 is 17.9 Å². The Morgan fingerprint density at radius 3 is 2.60 bits per heavy atom. The molecule has 20 heavy (non-hydrogen) atoms. The molecule has 6 heteroatoms. The van der Waals surface area contributed by atoms with Crippen LogP contribution in [0.4, 0.5) is 0 Å². The molecule has 0 radical (unpaired) electrons. The van der Waals surface area contributed by atoms with Gasteiger partial charge in [0.15, 0.2) is 0 Å². The van der Waals surface area contributed by atoms with Crippen molar-refractivity contribution in [3.63, 3.8) is 0 Å². The molecule has 3 amide bonds. The largest absolute Gasteiger partial charge is 0.322 e. The number of hydrogen-bond acceptors (Lipinski definition) is 4. The minimum atomic E-state index is -0.572. The molecule has 1 saturated carbocycles. The van der Waals surface area contributed by atoms with Crippen LogP contribution in [-0.4, -0.2) is 47.8 Å². The van der Waals surface area contributed by atoms with Gasteiger partial charge in [-0.15, -0.1) is 0 Å². The van der Waals surface area contributed by atoms with E-state index in [0.29, 0.717) is 6.42 Å². The number of amides is 3. The van der Waals surface area contributed by atoms with Gasteiger partial charge < -0.3 is 10.2 Å². The third-order valence-electron chi connectivity index (χ3n) is 4.57. The molecule has 0 aromatic heterocycles. The summed E-state index contributed by atoms with van der Waals surface area (Å²) < 4.78 is 0. The highest BCUT2D eigenvalue weighted by Gasteiger charge is 2.38. The van der Waals surface area contributed by atoms with Crippen LogP contribution in [0.15, 0.2) is 0 Å². The number of hydrogen-bond donors (Lipinski definition) is 2. The molecule has 2 aliphatic rings. The lowest BCUT2D eigenvalue weighted by molar-refractivity contribution is -0.150. The average Bonchev–Trinajstić information content (AvgIpc) is 2.43. The Labute approximate surface area is 119 Å². The molecule has 1 saturated heterocycles. The van der Waals surface area contributed by atoms with Gasteiger partial charge in [-0.3, -0.25) is 19.7 Å². The second-order valence-corrected chi connectivity index (χ2v) is 5.88. The maximum absolute atomic E-state index is 12.5. The monoisotopic (exact) mass is 281 g/mol. The first-order valence-electron chi connectivity index (χ1n) is 7.29. The van der Waals surface area contributed by atoms with Gasteiger partial charge in [-0.05, 0) is 26.8 Å². The summed E-state index contributed by atoms with van der Waals surface area (Å²) in [6, 6.07) is -0.572. The molecule has 2 rings (SSSR count). The average molecular weight is 281 g/mol. The minimum absolute atomic E-state index is 0.0223. The first-order valence-corrected chi connectivity index (χ1v) is 7.29. The maximum atomic E-state index is 12.5. The summed E-state index contributed by atoms with van der Waals surface area (Å²) in [5, 5.41) is 5.55. The molecule has 112 valence electrons. The Bertz CT molecular complexity index is 416. The van der Waals surface area contributed by atoms with E-state index in [-0.39, 0.29) is 18.0 Å². The molecule has 1 heterocycles. The van der Waals surface area contributed by atoms with Crippen molar-refractivity contribution >= 4 is 17.7 Å². The van der Waals surface area contributed by atoms with E-state index in [0.717, 1.165) is 25.7 Å². The van der Waals surface area contributed by atoms with Crippen LogP contribution in [0.2, 0.25) is 0 Å². The fourth-order valence-electron chi connectivity index (χ4n) is 3.15. The van der Waals surface area contributed by atoms with E-state index in [9.17, 15) is 14.4 Å². The fourth-order valence-corrected chi connectivity index (χ4v) is 3.15. The third kappa shape index (κ3) is 3.00. The number of piperazine rings is 1. The number of nitrogens with one attached hydrogen (secondary N) is 2. The summed E-state index contributed by atoms with van der Waals surface area (Å²) in [6.07, 6.45) is 5.73. The van der Waals surface area contributed by atoms with E-state index >= 15 is 0 Å². The van der Waals surface area contributed by atoms with Crippen LogP contribution in [0.3, 0.4) is 0 Å². The summed E-state index contributed by atoms with van der Waals surface area (Å²) in [5.74, 6) is -0.905. The number of imide groups is 1. The summed E-state index contributed by atoms with van der Waals surface area (Å²) in [5.41, 5.74) is -0.175. The first kappa shape index (κ1) is 15.0. The quantitative estimate of drug-likeness (QED) is 0.723. The Morgan fingerprint density at radius 1 is 1.35 bits per heavy atom. The van der Waals surface area contributed by atoms with Crippen molar-refractivity contribution in [3.05, 3.63) is 0 Å². The molecule has 2 fully saturated rings. The van der Waals surface area contributed by atoms with Crippen LogP contribution in [0.5, 0.6) is 0 Å². The van der Waals surface area contributed by atoms with Crippen LogP contribution in [0.25, 0.3) is 0 Å². The molecule has 0 aromatic carbocycles. The summed E-state index contributed by atoms with van der Waals surface area (Å²) in [7, 11) is 1.89. The summed E-state index contributed by atoms with van der Waals surface area (Å²) in [4.78, 5) is 36.9. The molecule has 0 aromatic rings. The van der Waals surface area contributed by atoms with Gasteiger partial charge in [-0.1, -0.05) is 19.3 Å². The molecular weight excluding hydrogens is 258 g/mol. The smallest absolute Gasteiger partial charge is 0.249 e. The van der Waals surface area contributed by atoms with E-state index in [1.807, 2.05) is 7.05 Å². The van der Waals surface area contributed by atoms with Crippen molar-refractivity contribution in [2.75, 3.05) is 13.6 Å². The van der Waals surface area contributed by atoms with E-state index in [4.69, 9.17) is 0 Å². The van der Waals surface area contributed by atoms with E-state index in [1.54, 1.807) is 6.92 Å². The predicted molar refractivity (Wildman–Crippen MR) is 73.8 cm³/mol. The SMILES string of the molecule is CNC1(CC(=O)N2CC(=O)NC(=O)C2C)CCCCC1. The molecule has 1 atom stereocenters. The van der Waals surface area contributed by atoms with Crippen LogP contribution in [-0.2, 0) is 14.4 Å². The van der Waals surface area contributed by atoms with Gasteiger partial charge in [0.2, 0.25) is 17.7 Å². The van der Waals surface area contributed by atoms with Crippen LogP contribution >= 0.6 is 0 Å². The Hall–Kier alpha value is -1.43. The van der Waals surface area contributed by atoms with Gasteiger partial charge in [0.1, 0.15) is 12.6 Å². The third-order valence-corrected chi connectivity index (χ3v) is 4.57. The zero-order chi connectivity index (χ0) is 14.8. The van der Waals surface area contributed by atoms with Crippen LogP contribution < -0.4 is 10.6 Å². The van der Waals surface area contributed by atoms with Crippen molar-refractivity contribution in [1.82, 2.24) is 15.5 Å². The summed E-state index contributed by atoms with van der Waals surface area (Å²) >= 11 is 0. The van der Waals surface area contributed by atoms with Gasteiger partial charge >= 0.3 is 0 Å². The lowest BCUT2D eigenvalue weighted by Crippen LogP contribution is -2.60. The van der Waals surface area contributed by atoms with Crippen molar-refractivity contribution in [3.8, 4) is 0 Å². The molecule has 0 spiro atoms. The van der Waals surface area contributed by atoms with Crippen molar-refractivity contribution in [1.29, 1.82) is 0 Å². The van der Waals surface area contributed by atoms with Crippen LogP contribution in [0.1, 0.15) is 45.4 Å². The number of carbonyl (C=O) groups excluding carboxylic acids is 3. The fraction of sp³-hybridized carbons (Fsp3) is 0.786. The zero-order valence-corrected chi connectivity index (χ0v) is 12.2. The molecule has 1 unspecified atom stereocenters. The Morgan fingerprint density at radius 2 is 2.00 bits per heavy atom. The van der Waals surface area contributed by atoms with Crippen LogP contribution in [0, 0.1) is 0 Å².